The van der Waals surface area contributed by atoms with Gasteiger partial charge in [0.1, 0.15) is 29.5 Å². The summed E-state index contributed by atoms with van der Waals surface area (Å²) in [5, 5.41) is 8.48. The van der Waals surface area contributed by atoms with Gasteiger partial charge in [-0.15, -0.1) is 0 Å². The number of benzene rings is 2. The average Bonchev–Trinajstić information content (AvgIpc) is 3.37. The summed E-state index contributed by atoms with van der Waals surface area (Å²) in [6, 6.07) is 11.0. The first-order chi connectivity index (χ1) is 14.1. The monoisotopic (exact) mass is 392 g/mol. The van der Waals surface area contributed by atoms with Gasteiger partial charge in [-0.2, -0.15) is 5.10 Å². The number of hydrogen-bond acceptors (Lipinski definition) is 5. The van der Waals surface area contributed by atoms with E-state index in [9.17, 15) is 4.39 Å². The zero-order valence-electron chi connectivity index (χ0n) is 15.4. The van der Waals surface area contributed by atoms with Crippen LogP contribution in [0.25, 0.3) is 33.4 Å². The van der Waals surface area contributed by atoms with Crippen LogP contribution in [0.3, 0.4) is 0 Å². The highest BCUT2D eigenvalue weighted by atomic mass is 19.1. The summed E-state index contributed by atoms with van der Waals surface area (Å²) >= 11 is 0. The Labute approximate surface area is 165 Å². The number of nitrogens with two attached hydrogens (primary N) is 1. The number of nitrogens with one attached hydrogen (secondary N) is 1. The van der Waals surface area contributed by atoms with E-state index in [0.29, 0.717) is 27.9 Å². The second kappa shape index (κ2) is 6.89. The average molecular weight is 392 g/mol. The fourth-order valence-corrected chi connectivity index (χ4v) is 3.86. The number of nitrogens with zero attached hydrogens (tertiary/aromatic N) is 4. The fraction of sp³-hybridized carbons (Fsp3) is 0.190. The van der Waals surface area contributed by atoms with Crippen LogP contribution in [0.15, 0.2) is 48.8 Å². The van der Waals surface area contributed by atoms with E-state index in [1.165, 1.54) is 18.5 Å². The van der Waals surface area contributed by atoms with Gasteiger partial charge in [0.15, 0.2) is 5.65 Å². The lowest BCUT2D eigenvalue weighted by Gasteiger charge is -2.09. The van der Waals surface area contributed by atoms with Crippen molar-refractivity contribution >= 4 is 16.9 Å². The van der Waals surface area contributed by atoms with Crippen molar-refractivity contribution in [2.45, 2.75) is 12.5 Å². The summed E-state index contributed by atoms with van der Waals surface area (Å²) in [6.07, 6.45) is 2.29. The molecule has 2 aromatic carbocycles. The Balaban J connectivity index is 1.67. The van der Waals surface area contributed by atoms with E-state index in [2.05, 4.69) is 20.4 Å². The molecule has 2 aromatic heterocycles. The Kier molecular flexibility index (Phi) is 4.21. The van der Waals surface area contributed by atoms with E-state index >= 15 is 4.39 Å². The summed E-state index contributed by atoms with van der Waals surface area (Å²) in [5.74, 6) is -0.661. The number of rotatable bonds is 3. The lowest BCUT2D eigenvalue weighted by Crippen LogP contribution is -2.15. The summed E-state index contributed by atoms with van der Waals surface area (Å²) in [4.78, 5) is 8.41. The summed E-state index contributed by atoms with van der Waals surface area (Å²) in [5.41, 5.74) is 8.15. The highest BCUT2D eigenvalue weighted by Crippen LogP contribution is 2.35. The molecular weight excluding hydrogens is 374 g/mol. The van der Waals surface area contributed by atoms with Crippen LogP contribution in [0.1, 0.15) is 12.5 Å². The maximum Gasteiger partial charge on any atom is 0.164 e. The van der Waals surface area contributed by atoms with Crippen LogP contribution in [0.5, 0.6) is 0 Å². The smallest absolute Gasteiger partial charge is 0.164 e. The summed E-state index contributed by atoms with van der Waals surface area (Å²) < 4.78 is 31.0. The Morgan fingerprint density at radius 3 is 2.66 bits per heavy atom. The highest BCUT2D eigenvalue weighted by molar-refractivity contribution is 5.98. The molecule has 5 rings (SSSR count). The fourth-order valence-electron chi connectivity index (χ4n) is 3.86. The summed E-state index contributed by atoms with van der Waals surface area (Å²) in [6.45, 7) is 1.64. The van der Waals surface area contributed by atoms with Crippen molar-refractivity contribution in [1.29, 1.82) is 0 Å². The lowest BCUT2D eigenvalue weighted by atomic mass is 10.0. The van der Waals surface area contributed by atoms with Gasteiger partial charge in [0, 0.05) is 17.7 Å². The molecule has 1 atom stereocenters. The molecular formula is C21H18F2N6. The number of nitrogen functional groups attached to an aromatic ring is 1. The molecule has 0 bridgehead atoms. The van der Waals surface area contributed by atoms with Crippen molar-refractivity contribution in [3.8, 4) is 22.4 Å². The van der Waals surface area contributed by atoms with Crippen LogP contribution in [0.2, 0.25) is 0 Å². The minimum atomic E-state index is -0.509. The largest absolute Gasteiger partial charge is 0.383 e. The number of anilines is 1. The van der Waals surface area contributed by atoms with E-state index in [1.807, 2.05) is 0 Å². The van der Waals surface area contributed by atoms with Crippen molar-refractivity contribution in [2.24, 2.45) is 0 Å². The standard InChI is InChI=1S/C21H18F2N6/c22-16-4-2-1-3-14(16)12-5-6-15(17(23)9-12)19-18-20(24)26-11-27-21(18)29(28-19)13-7-8-25-10-13/h1-6,9,11,13,25H,7-8,10H2,(H2,24,26,27)/t13-/m1/s1. The number of aromatic nitrogens is 4. The third kappa shape index (κ3) is 2.92. The quantitative estimate of drug-likeness (QED) is 0.557. The van der Waals surface area contributed by atoms with Crippen LogP contribution >= 0.6 is 0 Å². The van der Waals surface area contributed by atoms with Crippen LogP contribution in [-0.4, -0.2) is 32.8 Å². The van der Waals surface area contributed by atoms with Gasteiger partial charge in [-0.25, -0.2) is 23.4 Å². The number of halogens is 2. The normalized spacial score (nSPS) is 16.6. The Hall–Kier alpha value is -3.39. The van der Waals surface area contributed by atoms with Crippen LogP contribution in [0, 0.1) is 11.6 Å². The topological polar surface area (TPSA) is 81.7 Å². The third-order valence-electron chi connectivity index (χ3n) is 5.31. The van der Waals surface area contributed by atoms with Crippen molar-refractivity contribution in [3.05, 3.63) is 60.4 Å². The van der Waals surface area contributed by atoms with E-state index < -0.39 is 11.6 Å². The lowest BCUT2D eigenvalue weighted by molar-refractivity contribution is 0.504. The van der Waals surface area contributed by atoms with Gasteiger partial charge in [0.2, 0.25) is 0 Å². The van der Waals surface area contributed by atoms with Gasteiger partial charge >= 0.3 is 0 Å². The van der Waals surface area contributed by atoms with E-state index in [-0.39, 0.29) is 17.4 Å². The van der Waals surface area contributed by atoms with Crippen molar-refractivity contribution in [2.75, 3.05) is 18.8 Å². The third-order valence-corrected chi connectivity index (χ3v) is 5.31. The molecule has 1 fully saturated rings. The second-order valence-electron chi connectivity index (χ2n) is 7.07. The first kappa shape index (κ1) is 17.7. The van der Waals surface area contributed by atoms with Gasteiger partial charge in [0.05, 0.1) is 11.4 Å². The van der Waals surface area contributed by atoms with E-state index in [1.54, 1.807) is 35.0 Å². The van der Waals surface area contributed by atoms with Gasteiger partial charge in [-0.3, -0.25) is 0 Å². The van der Waals surface area contributed by atoms with Crippen molar-refractivity contribution in [1.82, 2.24) is 25.1 Å². The molecule has 29 heavy (non-hydrogen) atoms. The van der Waals surface area contributed by atoms with Crippen molar-refractivity contribution in [3.63, 3.8) is 0 Å². The Morgan fingerprint density at radius 1 is 1.03 bits per heavy atom. The molecule has 3 N–H and O–H groups in total. The van der Waals surface area contributed by atoms with Crippen LogP contribution < -0.4 is 11.1 Å². The molecule has 0 spiro atoms. The first-order valence-corrected chi connectivity index (χ1v) is 9.37. The molecule has 3 heterocycles. The minimum Gasteiger partial charge on any atom is -0.383 e. The summed E-state index contributed by atoms with van der Waals surface area (Å²) in [7, 11) is 0. The SMILES string of the molecule is Nc1ncnc2c1c(-c1ccc(-c3ccccc3F)cc1F)nn2[C@@H]1CCNC1. The predicted molar refractivity (Wildman–Crippen MR) is 107 cm³/mol. The highest BCUT2D eigenvalue weighted by Gasteiger charge is 2.25. The van der Waals surface area contributed by atoms with Crippen LogP contribution in [0.4, 0.5) is 14.6 Å². The maximum atomic E-state index is 15.1. The molecule has 0 amide bonds. The molecule has 0 saturated carbocycles. The molecule has 6 nitrogen and oxygen atoms in total. The Morgan fingerprint density at radius 2 is 1.90 bits per heavy atom. The molecule has 4 aromatic rings. The first-order valence-electron chi connectivity index (χ1n) is 9.37. The molecule has 1 aliphatic rings. The predicted octanol–water partition coefficient (Wildman–Crippen LogP) is 3.56. The molecule has 0 aliphatic carbocycles. The van der Waals surface area contributed by atoms with E-state index in [0.717, 1.165) is 19.5 Å². The molecule has 0 radical (unpaired) electrons. The molecule has 146 valence electrons. The maximum absolute atomic E-state index is 15.1. The van der Waals surface area contributed by atoms with Gasteiger partial charge < -0.3 is 11.1 Å². The molecule has 1 saturated heterocycles. The second-order valence-corrected chi connectivity index (χ2v) is 7.07. The number of hydrogen-bond donors (Lipinski definition) is 2. The van der Waals surface area contributed by atoms with E-state index in [4.69, 9.17) is 5.73 Å². The van der Waals surface area contributed by atoms with Gasteiger partial charge in [-0.05, 0) is 36.7 Å². The van der Waals surface area contributed by atoms with Gasteiger partial charge in [-0.1, -0.05) is 24.3 Å². The zero-order chi connectivity index (χ0) is 20.0. The molecule has 1 aliphatic heterocycles. The zero-order valence-corrected chi connectivity index (χ0v) is 15.4. The Bertz CT molecular complexity index is 1210. The molecule has 0 unspecified atom stereocenters. The van der Waals surface area contributed by atoms with Crippen molar-refractivity contribution < 1.29 is 8.78 Å². The minimum absolute atomic E-state index is 0.112. The van der Waals surface area contributed by atoms with Crippen LogP contribution in [-0.2, 0) is 0 Å². The number of fused-ring (bicyclic) bond motifs is 1. The molecule has 8 heteroatoms. The van der Waals surface area contributed by atoms with Gasteiger partial charge in [0.25, 0.3) is 0 Å².